The summed E-state index contributed by atoms with van der Waals surface area (Å²) in [6, 6.07) is 4.29. The van der Waals surface area contributed by atoms with Crippen molar-refractivity contribution in [3.63, 3.8) is 0 Å². The van der Waals surface area contributed by atoms with Gasteiger partial charge in [-0.25, -0.2) is 4.79 Å². The van der Waals surface area contributed by atoms with E-state index in [-0.39, 0.29) is 29.8 Å². The molecule has 208 valence electrons. The highest BCUT2D eigenvalue weighted by Crippen LogP contribution is 2.31. The van der Waals surface area contributed by atoms with Crippen molar-refractivity contribution in [1.82, 2.24) is 15.5 Å². The molecule has 1 aromatic carbocycles. The number of amides is 3. The van der Waals surface area contributed by atoms with Gasteiger partial charge in [0, 0.05) is 12.1 Å². The Morgan fingerprint density at radius 1 is 1.05 bits per heavy atom. The lowest BCUT2D eigenvalue weighted by Crippen LogP contribution is -2.57. The van der Waals surface area contributed by atoms with Gasteiger partial charge in [-0.05, 0) is 77.8 Å². The number of rotatable bonds is 9. The first kappa shape index (κ1) is 30.7. The first-order valence-corrected chi connectivity index (χ1v) is 13.9. The summed E-state index contributed by atoms with van der Waals surface area (Å²) in [6.45, 7) is 17.1. The monoisotopic (exact) mass is 515 g/mol. The van der Waals surface area contributed by atoms with Crippen LogP contribution in [0.2, 0.25) is 0 Å². The van der Waals surface area contributed by atoms with Gasteiger partial charge in [0.25, 0.3) is 0 Å². The Morgan fingerprint density at radius 3 is 2.22 bits per heavy atom. The molecular formula is C30H49N3O4. The van der Waals surface area contributed by atoms with Crippen LogP contribution >= 0.6 is 0 Å². The van der Waals surface area contributed by atoms with Gasteiger partial charge in [0.1, 0.15) is 17.7 Å². The third-order valence-corrected chi connectivity index (χ3v) is 7.13. The quantitative estimate of drug-likeness (QED) is 0.424. The molecule has 3 atom stereocenters. The van der Waals surface area contributed by atoms with Gasteiger partial charge in [-0.2, -0.15) is 0 Å². The fourth-order valence-electron chi connectivity index (χ4n) is 4.90. The maximum absolute atomic E-state index is 14.3. The van der Waals surface area contributed by atoms with Gasteiger partial charge in [-0.3, -0.25) is 9.59 Å². The molecular weight excluding hydrogens is 466 g/mol. The number of ether oxygens (including phenoxy) is 1. The average molecular weight is 516 g/mol. The first-order valence-electron chi connectivity index (χ1n) is 13.9. The molecule has 1 aromatic rings. The molecule has 0 bridgehead atoms. The van der Waals surface area contributed by atoms with Crippen molar-refractivity contribution < 1.29 is 19.1 Å². The van der Waals surface area contributed by atoms with E-state index in [2.05, 4.69) is 10.6 Å². The molecule has 0 heterocycles. The lowest BCUT2D eigenvalue weighted by atomic mass is 9.91. The molecule has 1 aliphatic carbocycles. The topological polar surface area (TPSA) is 87.7 Å². The van der Waals surface area contributed by atoms with Crippen LogP contribution < -0.4 is 10.6 Å². The highest BCUT2D eigenvalue weighted by molar-refractivity contribution is 5.92. The predicted molar refractivity (Wildman–Crippen MR) is 148 cm³/mol. The molecule has 7 heteroatoms. The highest BCUT2D eigenvalue weighted by atomic mass is 16.6. The molecule has 3 unspecified atom stereocenters. The molecule has 3 amide bonds. The highest BCUT2D eigenvalue weighted by Gasteiger charge is 2.40. The van der Waals surface area contributed by atoms with Gasteiger partial charge in [0.15, 0.2) is 0 Å². The minimum Gasteiger partial charge on any atom is -0.444 e. The van der Waals surface area contributed by atoms with Crippen LogP contribution in [-0.2, 0) is 14.3 Å². The Labute approximate surface area is 224 Å². The maximum atomic E-state index is 14.3. The fourth-order valence-corrected chi connectivity index (χ4v) is 4.90. The second kappa shape index (κ2) is 13.3. The summed E-state index contributed by atoms with van der Waals surface area (Å²) in [5.74, 6) is -0.638. The van der Waals surface area contributed by atoms with Gasteiger partial charge in [-0.15, -0.1) is 0 Å². The Hall–Kier alpha value is -2.57. The first-order chi connectivity index (χ1) is 17.2. The summed E-state index contributed by atoms with van der Waals surface area (Å²) in [5.41, 5.74) is 2.12. The number of carbonyl (C=O) groups excluding carboxylic acids is 3. The van der Waals surface area contributed by atoms with Gasteiger partial charge in [0.05, 0.1) is 0 Å². The Morgan fingerprint density at radius 2 is 1.68 bits per heavy atom. The summed E-state index contributed by atoms with van der Waals surface area (Å²) in [5, 5.41) is 6.07. The van der Waals surface area contributed by atoms with E-state index in [1.54, 1.807) is 25.7 Å². The minimum atomic E-state index is -0.834. The smallest absolute Gasteiger partial charge is 0.408 e. The van der Waals surface area contributed by atoms with E-state index in [9.17, 15) is 14.4 Å². The number of nitrogens with zero attached hydrogens (tertiary/aromatic N) is 1. The molecule has 0 radical (unpaired) electrons. The standard InChI is InChI=1S/C30H49N3O4/c1-10-22(6)33(28(35)25(19(2)3)32-29(36)37-30(7,8)9)26(24-18-20(4)16-17-21(24)5)27(34)31-23-14-12-11-13-15-23/h16-19,22-23,25-26H,10-15H2,1-9H3,(H,31,34)(H,32,36). The molecule has 7 nitrogen and oxygen atoms in total. The van der Waals surface area contributed by atoms with E-state index in [1.165, 1.54) is 6.42 Å². The molecule has 1 aliphatic rings. The molecule has 0 aromatic heterocycles. The van der Waals surface area contributed by atoms with Crippen LogP contribution in [0.3, 0.4) is 0 Å². The zero-order valence-electron chi connectivity index (χ0n) is 24.4. The normalized spacial score (nSPS) is 17.0. The van der Waals surface area contributed by atoms with Crippen LogP contribution in [0.5, 0.6) is 0 Å². The van der Waals surface area contributed by atoms with E-state index < -0.39 is 23.8 Å². The minimum absolute atomic E-state index is 0.114. The van der Waals surface area contributed by atoms with Crippen LogP contribution in [0.15, 0.2) is 18.2 Å². The van der Waals surface area contributed by atoms with E-state index in [1.807, 2.05) is 59.7 Å². The van der Waals surface area contributed by atoms with Crippen LogP contribution in [-0.4, -0.2) is 46.5 Å². The van der Waals surface area contributed by atoms with Crippen molar-refractivity contribution >= 4 is 17.9 Å². The number of carbonyl (C=O) groups is 3. The van der Waals surface area contributed by atoms with Gasteiger partial charge in [0.2, 0.25) is 11.8 Å². The number of hydrogen-bond acceptors (Lipinski definition) is 4. The van der Waals surface area contributed by atoms with Crippen LogP contribution in [0.25, 0.3) is 0 Å². The summed E-state index contributed by atoms with van der Waals surface area (Å²) < 4.78 is 5.46. The molecule has 37 heavy (non-hydrogen) atoms. The number of nitrogens with one attached hydrogen (secondary N) is 2. The zero-order valence-corrected chi connectivity index (χ0v) is 24.4. The van der Waals surface area contributed by atoms with Gasteiger partial charge >= 0.3 is 6.09 Å². The third kappa shape index (κ3) is 8.75. The lowest BCUT2D eigenvalue weighted by molar-refractivity contribution is -0.146. The number of aryl methyl sites for hydroxylation is 2. The predicted octanol–water partition coefficient (Wildman–Crippen LogP) is 5.97. The van der Waals surface area contributed by atoms with Gasteiger partial charge < -0.3 is 20.3 Å². The molecule has 1 saturated carbocycles. The SMILES string of the molecule is CCC(C)N(C(=O)C(NC(=O)OC(C)(C)C)C(C)C)C(C(=O)NC1CCCCC1)c1cc(C)ccc1C. The second-order valence-electron chi connectivity index (χ2n) is 12.0. The summed E-state index contributed by atoms with van der Waals surface area (Å²) >= 11 is 0. The largest absolute Gasteiger partial charge is 0.444 e. The van der Waals surface area contributed by atoms with Crippen molar-refractivity contribution in [3.05, 3.63) is 34.9 Å². The summed E-state index contributed by atoms with van der Waals surface area (Å²) in [7, 11) is 0. The van der Waals surface area contributed by atoms with E-state index >= 15 is 0 Å². The van der Waals surface area contributed by atoms with Crippen molar-refractivity contribution in [1.29, 1.82) is 0 Å². The molecule has 0 aliphatic heterocycles. The number of hydrogen-bond donors (Lipinski definition) is 2. The van der Waals surface area contributed by atoms with Crippen molar-refractivity contribution in [2.75, 3.05) is 0 Å². The average Bonchev–Trinajstić information content (AvgIpc) is 2.81. The van der Waals surface area contributed by atoms with Crippen LogP contribution in [0.1, 0.15) is 110 Å². The van der Waals surface area contributed by atoms with Crippen molar-refractivity contribution in [3.8, 4) is 0 Å². The Bertz CT molecular complexity index is 931. The number of alkyl carbamates (subject to hydrolysis) is 1. The van der Waals surface area contributed by atoms with Crippen molar-refractivity contribution in [2.24, 2.45) is 5.92 Å². The molecule has 0 saturated heterocycles. The van der Waals surface area contributed by atoms with E-state index in [4.69, 9.17) is 4.74 Å². The molecule has 2 N–H and O–H groups in total. The van der Waals surface area contributed by atoms with E-state index in [0.717, 1.165) is 42.4 Å². The zero-order chi connectivity index (χ0) is 27.9. The summed E-state index contributed by atoms with van der Waals surface area (Å²) in [4.78, 5) is 42.7. The molecule has 1 fully saturated rings. The second-order valence-corrected chi connectivity index (χ2v) is 12.0. The fraction of sp³-hybridized carbons (Fsp3) is 0.700. The summed E-state index contributed by atoms with van der Waals surface area (Å²) in [6.07, 6.45) is 5.33. The Balaban J connectivity index is 2.53. The Kier molecular flexibility index (Phi) is 11.0. The maximum Gasteiger partial charge on any atom is 0.408 e. The molecule has 0 spiro atoms. The van der Waals surface area contributed by atoms with E-state index in [0.29, 0.717) is 6.42 Å². The van der Waals surface area contributed by atoms with Gasteiger partial charge in [-0.1, -0.05) is 63.8 Å². The van der Waals surface area contributed by atoms with Crippen LogP contribution in [0.4, 0.5) is 4.79 Å². The molecule has 2 rings (SSSR count). The van der Waals surface area contributed by atoms with Crippen LogP contribution in [0, 0.1) is 19.8 Å². The lowest BCUT2D eigenvalue weighted by Gasteiger charge is -2.40. The van der Waals surface area contributed by atoms with Crippen molar-refractivity contribution in [2.45, 2.75) is 131 Å². The number of benzene rings is 1. The third-order valence-electron chi connectivity index (χ3n) is 7.13.